The van der Waals surface area contributed by atoms with Crippen LogP contribution >= 0.6 is 0 Å². The summed E-state index contributed by atoms with van der Waals surface area (Å²) in [4.78, 5) is 34.5. The molecule has 2 amide bonds. The number of hydrogen-bond donors (Lipinski definition) is 3. The van der Waals surface area contributed by atoms with Gasteiger partial charge in [-0.2, -0.15) is 0 Å². The fourth-order valence-electron chi connectivity index (χ4n) is 2.40. The van der Waals surface area contributed by atoms with Crippen molar-refractivity contribution in [2.24, 2.45) is 0 Å². The molecule has 8 heteroatoms. The third-order valence-corrected chi connectivity index (χ3v) is 3.66. The number of hydrogen-bond acceptors (Lipinski definition) is 5. The Morgan fingerprint density at radius 1 is 1.00 bits per heavy atom. The van der Waals surface area contributed by atoms with E-state index in [0.29, 0.717) is 23.5 Å². The number of carboxylic acids is 1. The summed E-state index contributed by atoms with van der Waals surface area (Å²) in [6.45, 7) is 4.84. The number of benzene rings is 2. The maximum absolute atomic E-state index is 12.6. The summed E-state index contributed by atoms with van der Waals surface area (Å²) in [5.41, 5.74) is 2.31. The van der Waals surface area contributed by atoms with Crippen LogP contribution in [0.2, 0.25) is 0 Å². The molecule has 0 fully saturated rings. The summed E-state index contributed by atoms with van der Waals surface area (Å²) in [6.07, 6.45) is 0. The van der Waals surface area contributed by atoms with E-state index in [1.54, 1.807) is 25.1 Å². The zero-order valence-corrected chi connectivity index (χ0v) is 15.9. The van der Waals surface area contributed by atoms with E-state index >= 15 is 0 Å². The van der Waals surface area contributed by atoms with Gasteiger partial charge in [-0.1, -0.05) is 6.07 Å². The number of rotatable bonds is 8. The molecule has 28 heavy (non-hydrogen) atoms. The lowest BCUT2D eigenvalue weighted by atomic mass is 10.1. The highest BCUT2D eigenvalue weighted by atomic mass is 16.5. The molecule has 0 aromatic heterocycles. The van der Waals surface area contributed by atoms with E-state index in [1.807, 2.05) is 6.92 Å². The molecule has 2 aromatic carbocycles. The smallest absolute Gasteiger partial charge is 0.341 e. The van der Waals surface area contributed by atoms with E-state index in [4.69, 9.17) is 14.6 Å². The van der Waals surface area contributed by atoms with Crippen LogP contribution in [-0.4, -0.2) is 36.1 Å². The van der Waals surface area contributed by atoms with Gasteiger partial charge in [0.15, 0.2) is 18.1 Å². The summed E-state index contributed by atoms with van der Waals surface area (Å²) < 4.78 is 10.6. The predicted octanol–water partition coefficient (Wildman–Crippen LogP) is 3.07. The third kappa shape index (κ3) is 5.73. The van der Waals surface area contributed by atoms with Gasteiger partial charge in [-0.05, 0) is 49.7 Å². The van der Waals surface area contributed by atoms with Crippen molar-refractivity contribution in [2.45, 2.75) is 20.8 Å². The molecule has 0 unspecified atom stereocenters. The first-order valence-corrected chi connectivity index (χ1v) is 8.61. The SMILES string of the molecule is CCOc1cc(C(=O)Nc2ccc(C)c(NC(C)=O)c2)ccc1OCC(=O)O. The van der Waals surface area contributed by atoms with Crippen molar-refractivity contribution < 1.29 is 29.0 Å². The average Bonchev–Trinajstić information content (AvgIpc) is 2.63. The monoisotopic (exact) mass is 386 g/mol. The minimum atomic E-state index is -1.11. The highest BCUT2D eigenvalue weighted by molar-refractivity contribution is 6.05. The molecule has 0 bridgehead atoms. The molecule has 0 heterocycles. The van der Waals surface area contributed by atoms with E-state index in [-0.39, 0.29) is 23.3 Å². The van der Waals surface area contributed by atoms with E-state index in [0.717, 1.165) is 5.56 Å². The Morgan fingerprint density at radius 3 is 2.39 bits per heavy atom. The molecule has 148 valence electrons. The van der Waals surface area contributed by atoms with Crippen LogP contribution in [0.1, 0.15) is 29.8 Å². The minimum absolute atomic E-state index is 0.204. The van der Waals surface area contributed by atoms with E-state index in [1.165, 1.54) is 25.1 Å². The number of carbonyl (C=O) groups excluding carboxylic acids is 2. The highest BCUT2D eigenvalue weighted by Gasteiger charge is 2.13. The molecular weight excluding hydrogens is 364 g/mol. The zero-order valence-electron chi connectivity index (χ0n) is 15.9. The van der Waals surface area contributed by atoms with Gasteiger partial charge in [-0.15, -0.1) is 0 Å². The second-order valence-corrected chi connectivity index (χ2v) is 5.94. The first-order chi connectivity index (χ1) is 13.3. The number of nitrogens with one attached hydrogen (secondary N) is 2. The Labute approximate surface area is 162 Å². The lowest BCUT2D eigenvalue weighted by Crippen LogP contribution is -2.14. The number of ether oxygens (including phenoxy) is 2. The molecular formula is C20H22N2O6. The van der Waals surface area contributed by atoms with Crippen molar-refractivity contribution in [3.8, 4) is 11.5 Å². The number of carboxylic acid groups (broad SMARTS) is 1. The standard InChI is InChI=1S/C20H22N2O6/c1-4-27-18-9-14(6-8-17(18)28-11-19(24)25)20(26)22-15-7-5-12(2)16(10-15)21-13(3)23/h5-10H,4,11H2,1-3H3,(H,21,23)(H,22,26)(H,24,25). The van der Waals surface area contributed by atoms with Crippen molar-refractivity contribution in [2.75, 3.05) is 23.8 Å². The fourth-order valence-corrected chi connectivity index (χ4v) is 2.40. The Bertz CT molecular complexity index is 894. The van der Waals surface area contributed by atoms with Crippen molar-refractivity contribution in [1.82, 2.24) is 0 Å². The summed E-state index contributed by atoms with van der Waals surface area (Å²) in [5, 5.41) is 14.2. The van der Waals surface area contributed by atoms with Gasteiger partial charge in [-0.3, -0.25) is 9.59 Å². The van der Waals surface area contributed by atoms with E-state index in [2.05, 4.69) is 10.6 Å². The Balaban J connectivity index is 2.20. The van der Waals surface area contributed by atoms with Crippen LogP contribution in [0.15, 0.2) is 36.4 Å². The van der Waals surface area contributed by atoms with Gasteiger partial charge in [0, 0.05) is 23.9 Å². The number of aryl methyl sites for hydroxylation is 1. The van der Waals surface area contributed by atoms with Gasteiger partial charge < -0.3 is 25.2 Å². The summed E-state index contributed by atoms with van der Waals surface area (Å²) in [7, 11) is 0. The highest BCUT2D eigenvalue weighted by Crippen LogP contribution is 2.29. The van der Waals surface area contributed by atoms with E-state index < -0.39 is 12.6 Å². The maximum atomic E-state index is 12.6. The number of carbonyl (C=O) groups is 3. The molecule has 0 aliphatic carbocycles. The van der Waals surface area contributed by atoms with Gasteiger partial charge in [0.1, 0.15) is 0 Å². The molecule has 0 saturated heterocycles. The van der Waals surface area contributed by atoms with Crippen LogP contribution in [0, 0.1) is 6.92 Å². The predicted molar refractivity (Wildman–Crippen MR) is 104 cm³/mol. The minimum Gasteiger partial charge on any atom is -0.490 e. The van der Waals surface area contributed by atoms with Crippen molar-refractivity contribution in [3.05, 3.63) is 47.5 Å². The van der Waals surface area contributed by atoms with Crippen LogP contribution < -0.4 is 20.1 Å². The number of amides is 2. The van der Waals surface area contributed by atoms with Crippen LogP contribution in [-0.2, 0) is 9.59 Å². The van der Waals surface area contributed by atoms with Gasteiger partial charge >= 0.3 is 5.97 Å². The second-order valence-electron chi connectivity index (χ2n) is 5.94. The number of anilines is 2. The maximum Gasteiger partial charge on any atom is 0.341 e. The van der Waals surface area contributed by atoms with Gasteiger partial charge in [0.2, 0.25) is 5.91 Å². The molecule has 0 radical (unpaired) electrons. The molecule has 2 aromatic rings. The zero-order chi connectivity index (χ0) is 20.7. The summed E-state index contributed by atoms with van der Waals surface area (Å²) in [5.74, 6) is -1.19. The molecule has 3 N–H and O–H groups in total. The molecule has 2 rings (SSSR count). The van der Waals surface area contributed by atoms with Crippen LogP contribution in [0.4, 0.5) is 11.4 Å². The average molecular weight is 386 g/mol. The molecule has 0 saturated carbocycles. The Hall–Kier alpha value is -3.55. The fraction of sp³-hybridized carbons (Fsp3) is 0.250. The first kappa shape index (κ1) is 20.8. The van der Waals surface area contributed by atoms with Gasteiger partial charge in [0.05, 0.1) is 6.61 Å². The molecule has 0 aliphatic heterocycles. The molecule has 0 spiro atoms. The second kappa shape index (κ2) is 9.40. The summed E-state index contributed by atoms with van der Waals surface area (Å²) in [6, 6.07) is 9.67. The van der Waals surface area contributed by atoms with Crippen molar-refractivity contribution in [3.63, 3.8) is 0 Å². The molecule has 0 aliphatic rings. The van der Waals surface area contributed by atoms with Crippen molar-refractivity contribution >= 4 is 29.2 Å². The van der Waals surface area contributed by atoms with Crippen LogP contribution in [0.3, 0.4) is 0 Å². The Morgan fingerprint density at radius 2 is 1.75 bits per heavy atom. The topological polar surface area (TPSA) is 114 Å². The van der Waals surface area contributed by atoms with Crippen LogP contribution in [0.5, 0.6) is 11.5 Å². The van der Waals surface area contributed by atoms with Crippen molar-refractivity contribution in [1.29, 1.82) is 0 Å². The van der Waals surface area contributed by atoms with E-state index in [9.17, 15) is 14.4 Å². The summed E-state index contributed by atoms with van der Waals surface area (Å²) >= 11 is 0. The molecule has 8 nitrogen and oxygen atoms in total. The lowest BCUT2D eigenvalue weighted by Gasteiger charge is -2.13. The van der Waals surface area contributed by atoms with Gasteiger partial charge in [0.25, 0.3) is 5.91 Å². The lowest BCUT2D eigenvalue weighted by molar-refractivity contribution is -0.139. The van der Waals surface area contributed by atoms with Crippen LogP contribution in [0.25, 0.3) is 0 Å². The number of aliphatic carboxylic acids is 1. The normalized spacial score (nSPS) is 10.1. The Kier molecular flexibility index (Phi) is 6.97. The largest absolute Gasteiger partial charge is 0.490 e. The first-order valence-electron chi connectivity index (χ1n) is 8.61. The third-order valence-electron chi connectivity index (χ3n) is 3.66. The van der Waals surface area contributed by atoms with Gasteiger partial charge in [-0.25, -0.2) is 4.79 Å². The molecule has 0 atom stereocenters. The quantitative estimate of drug-likeness (QED) is 0.642.